The van der Waals surface area contributed by atoms with Crippen LogP contribution in [-0.4, -0.2) is 45.7 Å². The molecule has 1 fully saturated rings. The van der Waals surface area contributed by atoms with Crippen molar-refractivity contribution in [3.63, 3.8) is 0 Å². The van der Waals surface area contributed by atoms with Crippen LogP contribution in [0.25, 0.3) is 0 Å². The van der Waals surface area contributed by atoms with E-state index in [2.05, 4.69) is 11.4 Å². The molecule has 150 valence electrons. The lowest BCUT2D eigenvalue weighted by Crippen LogP contribution is -2.48. The molecule has 0 bridgehead atoms. The van der Waals surface area contributed by atoms with Crippen molar-refractivity contribution >= 4 is 15.7 Å². The summed E-state index contributed by atoms with van der Waals surface area (Å²) in [6.45, 7) is 0.718. The van der Waals surface area contributed by atoms with Crippen LogP contribution in [0.4, 0.5) is 0 Å². The van der Waals surface area contributed by atoms with Gasteiger partial charge in [-0.15, -0.1) is 0 Å². The van der Waals surface area contributed by atoms with Gasteiger partial charge < -0.3 is 20.5 Å². The first-order valence-corrected chi connectivity index (χ1v) is 11.5. The van der Waals surface area contributed by atoms with Crippen molar-refractivity contribution in [2.45, 2.75) is 50.0 Å². The third-order valence-electron chi connectivity index (χ3n) is 5.53. The number of rotatable bonds is 7. The Balaban J connectivity index is 1.69. The number of carbonyl (C=O) groups excluding carboxylic acids is 1. The van der Waals surface area contributed by atoms with Gasteiger partial charge in [0.25, 0.3) is 0 Å². The van der Waals surface area contributed by atoms with Crippen LogP contribution in [0, 0.1) is 0 Å². The van der Waals surface area contributed by atoms with Gasteiger partial charge in [0.05, 0.1) is 11.8 Å². The number of amides is 1. The summed E-state index contributed by atoms with van der Waals surface area (Å²) in [7, 11) is -3.13. The summed E-state index contributed by atoms with van der Waals surface area (Å²) in [6, 6.07) is 5.17. The van der Waals surface area contributed by atoms with Gasteiger partial charge >= 0.3 is 0 Å². The molecule has 27 heavy (non-hydrogen) atoms. The fourth-order valence-corrected chi connectivity index (χ4v) is 4.56. The second kappa shape index (κ2) is 8.06. The summed E-state index contributed by atoms with van der Waals surface area (Å²) < 4.78 is 33.5. The minimum absolute atomic E-state index is 0.0884. The molecule has 1 amide bonds. The van der Waals surface area contributed by atoms with Crippen LogP contribution < -0.4 is 20.5 Å². The van der Waals surface area contributed by atoms with E-state index in [1.54, 1.807) is 0 Å². The minimum atomic E-state index is -3.13. The summed E-state index contributed by atoms with van der Waals surface area (Å²) in [5, 5.41) is 2.96. The monoisotopic (exact) mass is 396 g/mol. The Morgan fingerprint density at radius 1 is 1.22 bits per heavy atom. The van der Waals surface area contributed by atoms with E-state index in [-0.39, 0.29) is 30.3 Å². The second-order valence-corrected chi connectivity index (χ2v) is 9.91. The quantitative estimate of drug-likeness (QED) is 0.723. The van der Waals surface area contributed by atoms with Gasteiger partial charge in [0.1, 0.15) is 9.84 Å². The molecule has 7 nitrogen and oxygen atoms in total. The molecule has 1 atom stereocenters. The number of sulfone groups is 1. The molecule has 0 spiro atoms. The normalized spacial score (nSPS) is 19.5. The zero-order chi connectivity index (χ0) is 19.5. The van der Waals surface area contributed by atoms with Crippen LogP contribution in [0.1, 0.15) is 44.1 Å². The number of hydrogen-bond donors (Lipinski definition) is 2. The summed E-state index contributed by atoms with van der Waals surface area (Å²) in [5.41, 5.74) is 6.86. The van der Waals surface area contributed by atoms with E-state index in [0.717, 1.165) is 49.0 Å². The average molecular weight is 397 g/mol. The number of benzene rings is 1. The van der Waals surface area contributed by atoms with Crippen molar-refractivity contribution in [2.75, 3.05) is 25.3 Å². The first kappa shape index (κ1) is 19.9. The third kappa shape index (κ3) is 4.93. The molecule has 1 unspecified atom stereocenters. The van der Waals surface area contributed by atoms with Gasteiger partial charge in [-0.25, -0.2) is 8.42 Å². The first-order valence-electron chi connectivity index (χ1n) is 9.40. The lowest BCUT2D eigenvalue weighted by Gasteiger charge is -2.38. The van der Waals surface area contributed by atoms with Gasteiger partial charge in [0.2, 0.25) is 12.7 Å². The Bertz CT molecular complexity index is 787. The van der Waals surface area contributed by atoms with Crippen molar-refractivity contribution in [3.8, 4) is 11.5 Å². The maximum absolute atomic E-state index is 12.4. The molecule has 0 radical (unpaired) electrons. The predicted molar refractivity (Wildman–Crippen MR) is 103 cm³/mol. The molecule has 2 aliphatic rings. The fraction of sp³-hybridized carbons (Fsp3) is 0.632. The molecule has 1 aliphatic heterocycles. The van der Waals surface area contributed by atoms with Crippen LogP contribution in [0.15, 0.2) is 18.2 Å². The molecule has 1 aromatic carbocycles. The molecule has 1 aliphatic carbocycles. The van der Waals surface area contributed by atoms with Crippen LogP contribution in [0.2, 0.25) is 0 Å². The smallest absolute Gasteiger partial charge is 0.236 e. The molecule has 1 saturated carbocycles. The lowest BCUT2D eigenvalue weighted by molar-refractivity contribution is -0.122. The SMILES string of the molecule is CS(=O)(=O)CCC(N)C(=O)NCC1(c2ccc3c(c2)OCO3)CCCCC1. The second-order valence-electron chi connectivity index (χ2n) is 7.65. The summed E-state index contributed by atoms with van der Waals surface area (Å²) >= 11 is 0. The number of nitrogens with two attached hydrogens (primary N) is 1. The number of carbonyl (C=O) groups is 1. The van der Waals surface area contributed by atoms with Crippen LogP contribution in [0.5, 0.6) is 11.5 Å². The zero-order valence-corrected chi connectivity index (χ0v) is 16.5. The highest BCUT2D eigenvalue weighted by Gasteiger charge is 2.35. The highest BCUT2D eigenvalue weighted by Crippen LogP contribution is 2.43. The largest absolute Gasteiger partial charge is 0.454 e. The van der Waals surface area contributed by atoms with Gasteiger partial charge in [0, 0.05) is 18.2 Å². The van der Waals surface area contributed by atoms with E-state index in [4.69, 9.17) is 15.2 Å². The van der Waals surface area contributed by atoms with E-state index < -0.39 is 15.9 Å². The van der Waals surface area contributed by atoms with Gasteiger partial charge in [-0.3, -0.25) is 4.79 Å². The van der Waals surface area contributed by atoms with E-state index in [0.29, 0.717) is 6.54 Å². The van der Waals surface area contributed by atoms with Crippen LogP contribution in [0.3, 0.4) is 0 Å². The van der Waals surface area contributed by atoms with E-state index in [9.17, 15) is 13.2 Å². The van der Waals surface area contributed by atoms with Gasteiger partial charge in [-0.2, -0.15) is 0 Å². The Labute approximate surface area is 160 Å². The topological polar surface area (TPSA) is 108 Å². The summed E-state index contributed by atoms with van der Waals surface area (Å²) in [6.07, 6.45) is 6.62. The molecule has 3 N–H and O–H groups in total. The molecular weight excluding hydrogens is 368 g/mol. The Morgan fingerprint density at radius 2 is 1.93 bits per heavy atom. The molecule has 0 aromatic heterocycles. The highest BCUT2D eigenvalue weighted by molar-refractivity contribution is 7.90. The van der Waals surface area contributed by atoms with Gasteiger partial charge in [0.15, 0.2) is 11.5 Å². The third-order valence-corrected chi connectivity index (χ3v) is 6.51. The number of hydrogen-bond acceptors (Lipinski definition) is 6. The standard InChI is InChI=1S/C19H28N2O5S/c1-27(23,24)10-7-15(20)18(22)21-12-19(8-3-2-4-9-19)14-5-6-16-17(11-14)26-13-25-16/h5-6,11,15H,2-4,7-10,12-13,20H2,1H3,(H,21,22). The molecule has 8 heteroatoms. The Hall–Kier alpha value is -1.80. The maximum Gasteiger partial charge on any atom is 0.236 e. The first-order chi connectivity index (χ1) is 12.8. The Morgan fingerprint density at radius 3 is 2.63 bits per heavy atom. The van der Waals surface area contributed by atoms with Crippen molar-refractivity contribution in [2.24, 2.45) is 5.73 Å². The van der Waals surface area contributed by atoms with Crippen molar-refractivity contribution in [3.05, 3.63) is 23.8 Å². The number of fused-ring (bicyclic) bond motifs is 1. The van der Waals surface area contributed by atoms with Crippen molar-refractivity contribution < 1.29 is 22.7 Å². The maximum atomic E-state index is 12.4. The van der Waals surface area contributed by atoms with Gasteiger partial charge in [-0.1, -0.05) is 25.3 Å². The van der Waals surface area contributed by atoms with Crippen LogP contribution >= 0.6 is 0 Å². The molecule has 1 heterocycles. The lowest BCUT2D eigenvalue weighted by atomic mass is 9.69. The number of ether oxygens (including phenoxy) is 2. The number of nitrogens with one attached hydrogen (secondary N) is 1. The minimum Gasteiger partial charge on any atom is -0.454 e. The van der Waals surface area contributed by atoms with Crippen LogP contribution in [-0.2, 0) is 20.0 Å². The van der Waals surface area contributed by atoms with E-state index in [1.807, 2.05) is 12.1 Å². The summed E-state index contributed by atoms with van der Waals surface area (Å²) in [4.78, 5) is 12.4. The summed E-state index contributed by atoms with van der Waals surface area (Å²) in [5.74, 6) is 1.10. The van der Waals surface area contributed by atoms with Crippen molar-refractivity contribution in [1.29, 1.82) is 0 Å². The molecular formula is C19H28N2O5S. The zero-order valence-electron chi connectivity index (χ0n) is 15.7. The molecule has 0 saturated heterocycles. The highest BCUT2D eigenvalue weighted by atomic mass is 32.2. The van der Waals surface area contributed by atoms with E-state index >= 15 is 0 Å². The van der Waals surface area contributed by atoms with Crippen molar-refractivity contribution in [1.82, 2.24) is 5.32 Å². The molecule has 3 rings (SSSR count). The molecule has 1 aromatic rings. The van der Waals surface area contributed by atoms with Gasteiger partial charge in [-0.05, 0) is 37.0 Å². The predicted octanol–water partition coefficient (Wildman–Crippen LogP) is 1.50. The fourth-order valence-electron chi connectivity index (χ4n) is 3.88. The van der Waals surface area contributed by atoms with E-state index in [1.165, 1.54) is 6.42 Å². The Kier molecular flexibility index (Phi) is 5.95. The average Bonchev–Trinajstić information content (AvgIpc) is 3.12.